The molecule has 0 aliphatic heterocycles. The first-order valence-electron chi connectivity index (χ1n) is 8.73. The summed E-state index contributed by atoms with van der Waals surface area (Å²) in [5, 5.41) is 3.35. The maximum Gasteiger partial charge on any atom is 0.220 e. The Bertz CT molecular complexity index is 493. The van der Waals surface area contributed by atoms with E-state index < -0.39 is 0 Å². The molecule has 23 heavy (non-hydrogen) atoms. The van der Waals surface area contributed by atoms with Crippen molar-refractivity contribution in [3.63, 3.8) is 0 Å². The number of hydrogen-bond acceptors (Lipinski definition) is 2. The number of amides is 1. The second kappa shape index (κ2) is 8.16. The zero-order chi connectivity index (χ0) is 15.5. The molecule has 2 aliphatic carbocycles. The molecule has 0 spiro atoms. The van der Waals surface area contributed by atoms with Gasteiger partial charge in [-0.15, -0.1) is 12.4 Å². The van der Waals surface area contributed by atoms with E-state index in [0.29, 0.717) is 30.3 Å². The van der Waals surface area contributed by atoms with Gasteiger partial charge in [-0.05, 0) is 49.0 Å². The van der Waals surface area contributed by atoms with E-state index in [2.05, 4.69) is 24.4 Å². The Morgan fingerprint density at radius 2 is 1.83 bits per heavy atom. The Hall–Kier alpha value is -1.06. The monoisotopic (exact) mass is 336 g/mol. The van der Waals surface area contributed by atoms with Crippen molar-refractivity contribution in [2.45, 2.75) is 63.5 Å². The molecule has 1 amide bonds. The van der Waals surface area contributed by atoms with Gasteiger partial charge in [0, 0.05) is 18.5 Å². The van der Waals surface area contributed by atoms with E-state index in [4.69, 9.17) is 5.73 Å². The normalized spacial score (nSPS) is 30.9. The second-order valence-electron chi connectivity index (χ2n) is 7.29. The molecule has 0 radical (unpaired) electrons. The zero-order valence-electron chi connectivity index (χ0n) is 13.9. The maximum absolute atomic E-state index is 12.5. The van der Waals surface area contributed by atoms with Crippen LogP contribution in [-0.4, -0.2) is 18.0 Å². The lowest BCUT2D eigenvalue weighted by Gasteiger charge is -2.45. The fraction of sp³-hybridized carbons (Fsp3) is 0.632. The van der Waals surface area contributed by atoms with Crippen LogP contribution in [0.25, 0.3) is 0 Å². The minimum absolute atomic E-state index is 0. The zero-order valence-corrected chi connectivity index (χ0v) is 14.7. The summed E-state index contributed by atoms with van der Waals surface area (Å²) in [6, 6.07) is 11.0. The fourth-order valence-electron chi connectivity index (χ4n) is 4.45. The van der Waals surface area contributed by atoms with Crippen LogP contribution in [0, 0.1) is 11.8 Å². The van der Waals surface area contributed by atoms with Crippen LogP contribution in [0.2, 0.25) is 0 Å². The third kappa shape index (κ3) is 4.48. The molecule has 128 valence electrons. The van der Waals surface area contributed by atoms with Crippen LogP contribution >= 0.6 is 12.4 Å². The number of halogens is 1. The quantitative estimate of drug-likeness (QED) is 0.882. The standard InChI is InChI=1S/C19H28N2O.ClH/c1-13(14-6-3-2-4-7-14)10-18(22)21-19-15-8-5-9-16(19)12-17(20)11-15;/h2-4,6-7,13,15-17,19H,5,8-12,20H2,1H3,(H,21,22);1H. The van der Waals surface area contributed by atoms with E-state index in [9.17, 15) is 4.79 Å². The lowest BCUT2D eigenvalue weighted by atomic mass is 9.67. The third-order valence-corrected chi connectivity index (χ3v) is 5.56. The Morgan fingerprint density at radius 1 is 1.22 bits per heavy atom. The van der Waals surface area contributed by atoms with Gasteiger partial charge in [-0.1, -0.05) is 43.7 Å². The topological polar surface area (TPSA) is 55.1 Å². The largest absolute Gasteiger partial charge is 0.353 e. The number of rotatable bonds is 4. The molecule has 0 saturated heterocycles. The van der Waals surface area contributed by atoms with Gasteiger partial charge in [0.05, 0.1) is 0 Å². The Kier molecular flexibility index (Phi) is 6.49. The van der Waals surface area contributed by atoms with Crippen LogP contribution in [0.3, 0.4) is 0 Å². The van der Waals surface area contributed by atoms with Crippen LogP contribution in [0.15, 0.2) is 30.3 Å². The van der Waals surface area contributed by atoms with Crippen molar-refractivity contribution in [2.24, 2.45) is 17.6 Å². The minimum Gasteiger partial charge on any atom is -0.353 e. The highest BCUT2D eigenvalue weighted by molar-refractivity contribution is 5.85. The molecule has 4 heteroatoms. The van der Waals surface area contributed by atoms with Crippen molar-refractivity contribution < 1.29 is 4.79 Å². The van der Waals surface area contributed by atoms with Gasteiger partial charge in [-0.25, -0.2) is 0 Å². The lowest BCUT2D eigenvalue weighted by molar-refractivity contribution is -0.123. The van der Waals surface area contributed by atoms with Crippen LogP contribution in [0.1, 0.15) is 56.9 Å². The van der Waals surface area contributed by atoms with Gasteiger partial charge in [0.1, 0.15) is 0 Å². The average molecular weight is 337 g/mol. The summed E-state index contributed by atoms with van der Waals surface area (Å²) >= 11 is 0. The number of nitrogens with one attached hydrogen (secondary N) is 1. The van der Waals surface area contributed by atoms with Crippen molar-refractivity contribution in [3.8, 4) is 0 Å². The molecule has 2 saturated carbocycles. The number of carbonyl (C=O) groups is 1. The summed E-state index contributed by atoms with van der Waals surface area (Å²) in [5.74, 6) is 1.66. The molecule has 0 aromatic heterocycles. The van der Waals surface area contributed by atoms with Crippen molar-refractivity contribution in [2.75, 3.05) is 0 Å². The van der Waals surface area contributed by atoms with Gasteiger partial charge >= 0.3 is 0 Å². The summed E-state index contributed by atoms with van der Waals surface area (Å²) in [4.78, 5) is 12.5. The predicted molar refractivity (Wildman–Crippen MR) is 96.7 cm³/mol. The van der Waals surface area contributed by atoms with E-state index in [1.165, 1.54) is 24.8 Å². The number of nitrogens with two attached hydrogens (primary N) is 1. The van der Waals surface area contributed by atoms with Gasteiger partial charge in [0.2, 0.25) is 5.91 Å². The van der Waals surface area contributed by atoms with E-state index in [1.54, 1.807) is 0 Å². The maximum atomic E-state index is 12.5. The average Bonchev–Trinajstić information content (AvgIpc) is 2.49. The molecule has 1 aromatic carbocycles. The van der Waals surface area contributed by atoms with Crippen LogP contribution < -0.4 is 11.1 Å². The van der Waals surface area contributed by atoms with Crippen LogP contribution in [0.4, 0.5) is 0 Å². The summed E-state index contributed by atoms with van der Waals surface area (Å²) in [6.07, 6.45) is 6.49. The van der Waals surface area contributed by atoms with Crippen molar-refractivity contribution in [1.82, 2.24) is 5.32 Å². The van der Waals surface area contributed by atoms with Gasteiger partial charge in [-0.3, -0.25) is 4.79 Å². The molecule has 3 nitrogen and oxygen atoms in total. The molecular formula is C19H29ClN2O. The lowest BCUT2D eigenvalue weighted by Crippen LogP contribution is -2.53. The highest BCUT2D eigenvalue weighted by atomic mass is 35.5. The van der Waals surface area contributed by atoms with Crippen LogP contribution in [-0.2, 0) is 4.79 Å². The molecule has 3 N–H and O–H groups in total. The number of carbonyl (C=O) groups excluding carboxylic acids is 1. The molecule has 1 aromatic rings. The molecular weight excluding hydrogens is 308 g/mol. The van der Waals surface area contributed by atoms with Crippen molar-refractivity contribution in [1.29, 1.82) is 0 Å². The minimum atomic E-state index is 0. The first kappa shape index (κ1) is 18.3. The van der Waals surface area contributed by atoms with Crippen molar-refractivity contribution in [3.05, 3.63) is 35.9 Å². The molecule has 0 heterocycles. The van der Waals surface area contributed by atoms with E-state index >= 15 is 0 Å². The van der Waals surface area contributed by atoms with Gasteiger partial charge in [-0.2, -0.15) is 0 Å². The molecule has 3 rings (SSSR count). The Morgan fingerprint density at radius 3 is 2.43 bits per heavy atom. The summed E-state index contributed by atoms with van der Waals surface area (Å²) in [7, 11) is 0. The second-order valence-corrected chi connectivity index (χ2v) is 7.29. The highest BCUT2D eigenvalue weighted by Crippen LogP contribution is 2.39. The SMILES string of the molecule is CC(CC(=O)NC1C2CCCC1CC(N)C2)c1ccccc1.Cl. The Balaban J connectivity index is 0.00000192. The number of hydrogen-bond donors (Lipinski definition) is 2. The molecule has 3 atom stereocenters. The molecule has 2 aliphatic rings. The predicted octanol–water partition coefficient (Wildman–Crippen LogP) is 3.62. The van der Waals surface area contributed by atoms with Crippen LogP contribution in [0.5, 0.6) is 0 Å². The van der Waals surface area contributed by atoms with E-state index in [-0.39, 0.29) is 24.2 Å². The summed E-state index contributed by atoms with van der Waals surface area (Å²) < 4.78 is 0. The fourth-order valence-corrected chi connectivity index (χ4v) is 4.45. The van der Waals surface area contributed by atoms with Gasteiger partial charge in [0.15, 0.2) is 0 Å². The highest BCUT2D eigenvalue weighted by Gasteiger charge is 2.39. The number of fused-ring (bicyclic) bond motifs is 2. The molecule has 2 fully saturated rings. The first-order chi connectivity index (χ1) is 10.6. The summed E-state index contributed by atoms with van der Waals surface area (Å²) in [5.41, 5.74) is 7.40. The molecule has 3 unspecified atom stereocenters. The molecule has 2 bridgehead atoms. The summed E-state index contributed by atoms with van der Waals surface area (Å²) in [6.45, 7) is 2.13. The van der Waals surface area contributed by atoms with Gasteiger partial charge in [0.25, 0.3) is 0 Å². The van der Waals surface area contributed by atoms with Crippen molar-refractivity contribution >= 4 is 18.3 Å². The van der Waals surface area contributed by atoms with Gasteiger partial charge < -0.3 is 11.1 Å². The first-order valence-corrected chi connectivity index (χ1v) is 8.73. The Labute approximate surface area is 145 Å². The third-order valence-electron chi connectivity index (χ3n) is 5.56. The van der Waals surface area contributed by atoms with E-state index in [0.717, 1.165) is 12.8 Å². The smallest absolute Gasteiger partial charge is 0.220 e. The number of benzene rings is 1. The van der Waals surface area contributed by atoms with E-state index in [1.807, 2.05) is 18.2 Å².